The van der Waals surface area contributed by atoms with Gasteiger partial charge in [-0.15, -0.1) is 24.8 Å². The van der Waals surface area contributed by atoms with E-state index in [4.69, 9.17) is 0 Å². The Kier molecular flexibility index (Phi) is 8.12. The first-order valence-electron chi connectivity index (χ1n) is 8.40. The number of aromatic nitrogens is 3. The summed E-state index contributed by atoms with van der Waals surface area (Å²) in [6.45, 7) is 8.81. The van der Waals surface area contributed by atoms with E-state index in [0.29, 0.717) is 18.0 Å². The number of hydrogen-bond acceptors (Lipinski definition) is 4. The zero-order chi connectivity index (χ0) is 16.4. The maximum absolute atomic E-state index is 12.5. The smallest absolute Gasteiger partial charge is 0.253 e. The molecule has 3 rings (SSSR count). The highest BCUT2D eigenvalue weighted by molar-refractivity contribution is 5.98. The summed E-state index contributed by atoms with van der Waals surface area (Å²) >= 11 is 0. The van der Waals surface area contributed by atoms with Crippen molar-refractivity contribution in [1.29, 1.82) is 0 Å². The molecule has 3 heterocycles. The number of halogens is 2. The second kappa shape index (κ2) is 9.36. The summed E-state index contributed by atoms with van der Waals surface area (Å²) in [6.07, 6.45) is 4.13. The number of hydrogen-bond donors (Lipinski definition) is 2. The van der Waals surface area contributed by atoms with E-state index in [0.717, 1.165) is 29.8 Å². The molecule has 0 bridgehead atoms. The highest BCUT2D eigenvalue weighted by Crippen LogP contribution is 2.19. The van der Waals surface area contributed by atoms with Gasteiger partial charge in [-0.3, -0.25) is 4.79 Å². The van der Waals surface area contributed by atoms with Crippen molar-refractivity contribution in [2.45, 2.75) is 39.7 Å². The molecule has 2 aromatic rings. The van der Waals surface area contributed by atoms with Gasteiger partial charge in [0.2, 0.25) is 0 Å². The Labute approximate surface area is 161 Å². The molecule has 0 spiro atoms. The number of aryl methyl sites for hydroxylation is 1. The Balaban J connectivity index is 0.00000156. The van der Waals surface area contributed by atoms with Crippen molar-refractivity contribution in [2.75, 3.05) is 19.6 Å². The Bertz CT molecular complexity index is 710. The summed E-state index contributed by atoms with van der Waals surface area (Å²) in [5, 5.41) is 11.7. The van der Waals surface area contributed by atoms with Gasteiger partial charge in [0.15, 0.2) is 5.65 Å². The third kappa shape index (κ3) is 4.84. The zero-order valence-electron chi connectivity index (χ0n) is 14.9. The van der Waals surface area contributed by atoms with Crippen LogP contribution >= 0.6 is 24.8 Å². The fourth-order valence-corrected chi connectivity index (χ4v) is 3.10. The quantitative estimate of drug-likeness (QED) is 0.845. The third-order valence-electron chi connectivity index (χ3n) is 4.44. The predicted octanol–water partition coefficient (Wildman–Crippen LogP) is 2.89. The van der Waals surface area contributed by atoms with E-state index in [1.54, 1.807) is 6.20 Å². The molecule has 1 saturated heterocycles. The van der Waals surface area contributed by atoms with Crippen molar-refractivity contribution in [2.24, 2.45) is 5.92 Å². The lowest BCUT2D eigenvalue weighted by molar-refractivity contribution is 0.0944. The van der Waals surface area contributed by atoms with Gasteiger partial charge in [-0.25, -0.2) is 9.67 Å². The average Bonchev–Trinajstić information content (AvgIpc) is 2.95. The number of piperidine rings is 1. The molecular formula is C17H27Cl2N5O. The average molecular weight is 388 g/mol. The Morgan fingerprint density at radius 2 is 2.20 bits per heavy atom. The SMILES string of the molecule is Cc1nc2c(cnn2C(C)C)cc1C(=O)NCC1CCCNC1.Cl.Cl. The molecule has 140 valence electrons. The highest BCUT2D eigenvalue weighted by atomic mass is 35.5. The summed E-state index contributed by atoms with van der Waals surface area (Å²) in [5.41, 5.74) is 2.23. The standard InChI is InChI=1S/C17H25N5O.2ClH/c1-11(2)22-16-14(10-20-22)7-15(12(3)21-16)17(23)19-9-13-5-4-6-18-8-13;;/h7,10-11,13,18H,4-6,8-9H2,1-3H3,(H,19,23);2*1H. The summed E-state index contributed by atoms with van der Waals surface area (Å²) < 4.78 is 1.89. The first kappa shape index (κ1) is 21.7. The topological polar surface area (TPSA) is 71.8 Å². The fraction of sp³-hybridized carbons (Fsp3) is 0.588. The summed E-state index contributed by atoms with van der Waals surface area (Å²) in [5.74, 6) is 0.480. The van der Waals surface area contributed by atoms with Crippen LogP contribution in [0, 0.1) is 12.8 Å². The van der Waals surface area contributed by atoms with E-state index in [2.05, 4.69) is 34.6 Å². The van der Waals surface area contributed by atoms with Crippen molar-refractivity contribution < 1.29 is 4.79 Å². The number of fused-ring (bicyclic) bond motifs is 1. The van der Waals surface area contributed by atoms with E-state index in [1.807, 2.05) is 17.7 Å². The second-order valence-corrected chi connectivity index (χ2v) is 6.64. The first-order valence-corrected chi connectivity index (χ1v) is 8.40. The van der Waals surface area contributed by atoms with Gasteiger partial charge in [-0.05, 0) is 58.7 Å². The van der Waals surface area contributed by atoms with Crippen LogP contribution in [0.3, 0.4) is 0 Å². The van der Waals surface area contributed by atoms with Gasteiger partial charge in [-0.2, -0.15) is 5.10 Å². The molecule has 1 amide bonds. The van der Waals surface area contributed by atoms with Gasteiger partial charge < -0.3 is 10.6 Å². The van der Waals surface area contributed by atoms with Crippen LogP contribution in [0.4, 0.5) is 0 Å². The minimum Gasteiger partial charge on any atom is -0.352 e. The van der Waals surface area contributed by atoms with Crippen molar-refractivity contribution >= 4 is 41.8 Å². The van der Waals surface area contributed by atoms with Gasteiger partial charge in [-0.1, -0.05) is 0 Å². The van der Waals surface area contributed by atoms with Gasteiger partial charge in [0.25, 0.3) is 5.91 Å². The molecule has 2 N–H and O–H groups in total. The van der Waals surface area contributed by atoms with Gasteiger partial charge in [0.05, 0.1) is 17.5 Å². The number of carbonyl (C=O) groups is 1. The summed E-state index contributed by atoms with van der Waals surface area (Å²) in [4.78, 5) is 17.1. The van der Waals surface area contributed by atoms with Gasteiger partial charge in [0, 0.05) is 18.0 Å². The van der Waals surface area contributed by atoms with Crippen LogP contribution in [0.1, 0.15) is 48.8 Å². The van der Waals surface area contributed by atoms with Crippen molar-refractivity contribution in [3.05, 3.63) is 23.5 Å². The lowest BCUT2D eigenvalue weighted by Crippen LogP contribution is -2.38. The molecule has 0 saturated carbocycles. The first-order chi connectivity index (χ1) is 11.1. The van der Waals surface area contributed by atoms with Gasteiger partial charge >= 0.3 is 0 Å². The Morgan fingerprint density at radius 1 is 1.44 bits per heavy atom. The van der Waals surface area contributed by atoms with Crippen molar-refractivity contribution in [1.82, 2.24) is 25.4 Å². The van der Waals surface area contributed by atoms with Crippen LogP contribution in [-0.2, 0) is 0 Å². The maximum Gasteiger partial charge on any atom is 0.253 e. The molecule has 1 fully saturated rings. The Hall–Kier alpha value is -1.37. The highest BCUT2D eigenvalue weighted by Gasteiger charge is 2.17. The van der Waals surface area contributed by atoms with Gasteiger partial charge in [0.1, 0.15) is 0 Å². The summed E-state index contributed by atoms with van der Waals surface area (Å²) in [7, 11) is 0. The Morgan fingerprint density at radius 3 is 2.84 bits per heavy atom. The van der Waals surface area contributed by atoms with E-state index >= 15 is 0 Å². The number of pyridine rings is 1. The molecule has 25 heavy (non-hydrogen) atoms. The molecule has 1 atom stereocenters. The van der Waals surface area contributed by atoms with Crippen LogP contribution in [0.15, 0.2) is 12.3 Å². The fourth-order valence-electron chi connectivity index (χ4n) is 3.10. The molecule has 1 aliphatic rings. The molecule has 0 aliphatic carbocycles. The van der Waals surface area contributed by atoms with Crippen LogP contribution in [0.25, 0.3) is 11.0 Å². The molecule has 8 heteroatoms. The maximum atomic E-state index is 12.5. The molecule has 1 unspecified atom stereocenters. The van der Waals surface area contributed by atoms with Crippen molar-refractivity contribution in [3.63, 3.8) is 0 Å². The van der Waals surface area contributed by atoms with E-state index in [9.17, 15) is 4.79 Å². The minimum absolute atomic E-state index is 0. The number of rotatable bonds is 4. The third-order valence-corrected chi connectivity index (χ3v) is 4.44. The van der Waals surface area contributed by atoms with Crippen molar-refractivity contribution in [3.8, 4) is 0 Å². The number of nitrogens with zero attached hydrogens (tertiary/aromatic N) is 3. The molecule has 0 radical (unpaired) electrons. The van der Waals surface area contributed by atoms with E-state index < -0.39 is 0 Å². The molecule has 1 aliphatic heterocycles. The largest absolute Gasteiger partial charge is 0.352 e. The molecule has 2 aromatic heterocycles. The molecule has 0 aromatic carbocycles. The number of carbonyl (C=O) groups excluding carboxylic acids is 1. The predicted molar refractivity (Wildman–Crippen MR) is 105 cm³/mol. The number of amides is 1. The van der Waals surface area contributed by atoms with E-state index in [1.165, 1.54) is 12.8 Å². The van der Waals surface area contributed by atoms with E-state index in [-0.39, 0.29) is 36.8 Å². The monoisotopic (exact) mass is 387 g/mol. The lowest BCUT2D eigenvalue weighted by Gasteiger charge is -2.23. The molecular weight excluding hydrogens is 361 g/mol. The lowest BCUT2D eigenvalue weighted by atomic mass is 9.99. The molecule has 6 nitrogen and oxygen atoms in total. The zero-order valence-corrected chi connectivity index (χ0v) is 16.5. The second-order valence-electron chi connectivity index (χ2n) is 6.64. The number of nitrogens with one attached hydrogen (secondary N) is 2. The van der Waals surface area contributed by atoms with Crippen LogP contribution < -0.4 is 10.6 Å². The van der Waals surface area contributed by atoms with Crippen LogP contribution in [0.2, 0.25) is 0 Å². The normalized spacial score (nSPS) is 17.0. The minimum atomic E-state index is -0.0419. The summed E-state index contributed by atoms with van der Waals surface area (Å²) in [6, 6.07) is 2.15. The van der Waals surface area contributed by atoms with Crippen LogP contribution in [-0.4, -0.2) is 40.3 Å². The van der Waals surface area contributed by atoms with Crippen LogP contribution in [0.5, 0.6) is 0 Å².